The van der Waals surface area contributed by atoms with Gasteiger partial charge in [0.05, 0.1) is 13.2 Å². The van der Waals surface area contributed by atoms with Gasteiger partial charge in [0.25, 0.3) is 0 Å². The Morgan fingerprint density at radius 3 is 2.81 bits per heavy atom. The summed E-state index contributed by atoms with van der Waals surface area (Å²) in [5.41, 5.74) is 1.33. The first-order chi connectivity index (χ1) is 10.1. The predicted molar refractivity (Wildman–Crippen MR) is 80.0 cm³/mol. The van der Waals surface area contributed by atoms with Gasteiger partial charge in [0.15, 0.2) is 0 Å². The highest BCUT2D eigenvalue weighted by Crippen LogP contribution is 2.43. The predicted octanol–water partition coefficient (Wildman–Crippen LogP) is 4.15. The number of rotatable bonds is 2. The molecule has 110 valence electrons. The van der Waals surface area contributed by atoms with Gasteiger partial charge < -0.3 is 14.6 Å². The van der Waals surface area contributed by atoms with E-state index in [9.17, 15) is 9.50 Å². The summed E-state index contributed by atoms with van der Waals surface area (Å²) in [6, 6.07) is 9.82. The summed E-state index contributed by atoms with van der Waals surface area (Å²) in [7, 11) is 1.59. The minimum Gasteiger partial charge on any atom is -0.496 e. The average Bonchev–Trinajstić information content (AvgIpc) is 2.47. The lowest BCUT2D eigenvalue weighted by atomic mass is 9.94. The normalized spacial score (nSPS) is 20.6. The van der Waals surface area contributed by atoms with Crippen molar-refractivity contribution in [2.75, 3.05) is 7.11 Å². The van der Waals surface area contributed by atoms with Crippen molar-refractivity contribution < 1.29 is 19.0 Å². The molecule has 0 aliphatic carbocycles. The summed E-state index contributed by atoms with van der Waals surface area (Å²) in [6.45, 7) is 0. The highest BCUT2D eigenvalue weighted by Gasteiger charge is 2.30. The van der Waals surface area contributed by atoms with Crippen molar-refractivity contribution in [1.29, 1.82) is 0 Å². The van der Waals surface area contributed by atoms with Crippen LogP contribution in [0.3, 0.4) is 0 Å². The van der Waals surface area contributed by atoms with E-state index in [2.05, 4.69) is 15.9 Å². The Labute approximate surface area is 130 Å². The van der Waals surface area contributed by atoms with E-state index in [1.54, 1.807) is 13.2 Å². The molecule has 0 fully saturated rings. The summed E-state index contributed by atoms with van der Waals surface area (Å²) in [5.74, 6) is 0.818. The highest BCUT2D eigenvalue weighted by atomic mass is 79.9. The Kier molecular flexibility index (Phi) is 3.87. The molecule has 2 aromatic carbocycles. The second-order valence-electron chi connectivity index (χ2n) is 4.93. The maximum absolute atomic E-state index is 13.3. The Morgan fingerprint density at radius 1 is 1.24 bits per heavy atom. The smallest absolute Gasteiger partial charge is 0.130 e. The molecule has 1 N–H and O–H groups in total. The number of halogens is 2. The first-order valence-corrected chi connectivity index (χ1v) is 7.35. The lowest BCUT2D eigenvalue weighted by Crippen LogP contribution is -2.19. The number of hydrogen-bond acceptors (Lipinski definition) is 3. The molecule has 5 heteroatoms. The van der Waals surface area contributed by atoms with Crippen LogP contribution in [-0.4, -0.2) is 12.2 Å². The van der Waals surface area contributed by atoms with Gasteiger partial charge in [0.2, 0.25) is 0 Å². The van der Waals surface area contributed by atoms with E-state index in [4.69, 9.17) is 9.47 Å². The molecule has 2 atom stereocenters. The van der Waals surface area contributed by atoms with Gasteiger partial charge in [0, 0.05) is 22.0 Å². The molecule has 21 heavy (non-hydrogen) atoms. The zero-order valence-electron chi connectivity index (χ0n) is 11.3. The molecule has 3 rings (SSSR count). The van der Waals surface area contributed by atoms with Crippen molar-refractivity contribution in [1.82, 2.24) is 0 Å². The van der Waals surface area contributed by atoms with Gasteiger partial charge in [-0.05, 0) is 36.4 Å². The van der Waals surface area contributed by atoms with E-state index in [0.717, 1.165) is 10.0 Å². The Bertz CT molecular complexity index is 675. The zero-order valence-corrected chi connectivity index (χ0v) is 12.9. The molecule has 3 nitrogen and oxygen atoms in total. The van der Waals surface area contributed by atoms with Crippen molar-refractivity contribution in [2.45, 2.75) is 18.6 Å². The van der Waals surface area contributed by atoms with Crippen LogP contribution < -0.4 is 9.47 Å². The summed E-state index contributed by atoms with van der Waals surface area (Å²) in [4.78, 5) is 0. The van der Waals surface area contributed by atoms with Crippen LogP contribution in [0.5, 0.6) is 11.5 Å². The summed E-state index contributed by atoms with van der Waals surface area (Å²) in [6.07, 6.45) is -0.757. The van der Waals surface area contributed by atoms with E-state index in [1.807, 2.05) is 18.2 Å². The van der Waals surface area contributed by atoms with Gasteiger partial charge in [-0.3, -0.25) is 0 Å². The van der Waals surface area contributed by atoms with Gasteiger partial charge in [-0.1, -0.05) is 15.9 Å². The molecule has 2 unspecified atom stereocenters. The van der Waals surface area contributed by atoms with Crippen molar-refractivity contribution in [2.24, 2.45) is 0 Å². The van der Waals surface area contributed by atoms with Crippen molar-refractivity contribution in [3.8, 4) is 11.5 Å². The Morgan fingerprint density at radius 2 is 2.05 bits per heavy atom. The van der Waals surface area contributed by atoms with E-state index in [1.165, 1.54) is 12.1 Å². The monoisotopic (exact) mass is 352 g/mol. The molecule has 1 aliphatic heterocycles. The molecule has 0 radical (unpaired) electrons. The van der Waals surface area contributed by atoms with E-state index >= 15 is 0 Å². The van der Waals surface area contributed by atoms with Crippen LogP contribution in [0, 0.1) is 5.82 Å². The summed E-state index contributed by atoms with van der Waals surface area (Å²) < 4.78 is 25.4. The van der Waals surface area contributed by atoms with Gasteiger partial charge in [-0.25, -0.2) is 4.39 Å². The van der Waals surface area contributed by atoms with Crippen LogP contribution in [0.1, 0.15) is 29.8 Å². The Hall–Kier alpha value is -1.59. The standard InChI is InChI=1S/C16H14BrFO3/c1-20-14-4-2-9(17)6-12(14)16-8-13(19)11-7-10(18)3-5-15(11)21-16/h2-7,13,16,19H,8H2,1H3. The van der Waals surface area contributed by atoms with Crippen molar-refractivity contribution in [3.63, 3.8) is 0 Å². The number of aliphatic hydroxyl groups is 1. The second kappa shape index (κ2) is 5.66. The number of ether oxygens (including phenoxy) is 2. The number of fused-ring (bicyclic) bond motifs is 1. The maximum atomic E-state index is 13.3. The number of benzene rings is 2. The van der Waals surface area contributed by atoms with E-state index < -0.39 is 6.10 Å². The van der Waals surface area contributed by atoms with Crippen LogP contribution in [0.15, 0.2) is 40.9 Å². The third kappa shape index (κ3) is 2.76. The summed E-state index contributed by atoms with van der Waals surface area (Å²) >= 11 is 3.43. The van der Waals surface area contributed by atoms with Gasteiger partial charge in [-0.2, -0.15) is 0 Å². The molecule has 0 saturated heterocycles. The van der Waals surface area contributed by atoms with Gasteiger partial charge >= 0.3 is 0 Å². The molecule has 0 spiro atoms. The fourth-order valence-corrected chi connectivity index (χ4v) is 2.94. The Balaban J connectivity index is 1.99. The van der Waals surface area contributed by atoms with Gasteiger partial charge in [0.1, 0.15) is 23.4 Å². The minimum absolute atomic E-state index is 0.342. The molecule has 0 saturated carbocycles. The minimum atomic E-state index is -0.766. The molecule has 1 heterocycles. The van der Waals surface area contributed by atoms with E-state index in [0.29, 0.717) is 23.5 Å². The molecular formula is C16H14BrFO3. The zero-order chi connectivity index (χ0) is 15.0. The molecule has 1 aliphatic rings. The molecular weight excluding hydrogens is 339 g/mol. The molecule has 0 amide bonds. The van der Waals surface area contributed by atoms with Crippen LogP contribution in [0.2, 0.25) is 0 Å². The quantitative estimate of drug-likeness (QED) is 0.882. The third-order valence-corrected chi connectivity index (χ3v) is 4.07. The first kappa shape index (κ1) is 14.4. The van der Waals surface area contributed by atoms with Crippen LogP contribution in [0.4, 0.5) is 4.39 Å². The fraction of sp³-hybridized carbons (Fsp3) is 0.250. The lowest BCUT2D eigenvalue weighted by Gasteiger charge is -2.30. The van der Waals surface area contributed by atoms with Crippen LogP contribution >= 0.6 is 15.9 Å². The van der Waals surface area contributed by atoms with Crippen molar-refractivity contribution >= 4 is 15.9 Å². The van der Waals surface area contributed by atoms with E-state index in [-0.39, 0.29) is 11.9 Å². The largest absolute Gasteiger partial charge is 0.496 e. The van der Waals surface area contributed by atoms with Crippen molar-refractivity contribution in [3.05, 3.63) is 57.8 Å². The highest BCUT2D eigenvalue weighted by molar-refractivity contribution is 9.10. The average molecular weight is 353 g/mol. The van der Waals surface area contributed by atoms with Crippen LogP contribution in [-0.2, 0) is 0 Å². The number of hydrogen-bond donors (Lipinski definition) is 1. The second-order valence-corrected chi connectivity index (χ2v) is 5.84. The number of methoxy groups -OCH3 is 1. The SMILES string of the molecule is COc1ccc(Br)cc1C1CC(O)c2cc(F)ccc2O1. The van der Waals surface area contributed by atoms with Gasteiger partial charge in [-0.15, -0.1) is 0 Å². The topological polar surface area (TPSA) is 38.7 Å². The maximum Gasteiger partial charge on any atom is 0.130 e. The van der Waals surface area contributed by atoms with Crippen LogP contribution in [0.25, 0.3) is 0 Å². The first-order valence-electron chi connectivity index (χ1n) is 6.56. The fourth-order valence-electron chi connectivity index (χ4n) is 2.57. The molecule has 0 aromatic heterocycles. The summed E-state index contributed by atoms with van der Waals surface area (Å²) in [5, 5.41) is 10.3. The number of aliphatic hydroxyl groups excluding tert-OH is 1. The lowest BCUT2D eigenvalue weighted by molar-refractivity contribution is 0.0641. The third-order valence-electron chi connectivity index (χ3n) is 3.58. The molecule has 2 aromatic rings. The molecule has 0 bridgehead atoms.